The van der Waals surface area contributed by atoms with E-state index in [4.69, 9.17) is 9.15 Å². The molecule has 3 rings (SSSR count). The highest BCUT2D eigenvalue weighted by Gasteiger charge is 2.18. The Labute approximate surface area is 148 Å². The molecule has 2 aromatic heterocycles. The topological polar surface area (TPSA) is 89.5 Å². The molecule has 1 N–H and O–H groups in total. The molecule has 0 saturated heterocycles. The average molecular weight is 353 g/mol. The lowest BCUT2D eigenvalue weighted by molar-refractivity contribution is -0.683. The van der Waals surface area contributed by atoms with Gasteiger partial charge < -0.3 is 14.5 Å². The first-order chi connectivity index (χ1) is 12.5. The lowest BCUT2D eigenvalue weighted by Gasteiger charge is -2.03. The predicted octanol–water partition coefficient (Wildman–Crippen LogP) is 1.93. The molecular weight excluding hydrogens is 336 g/mol. The van der Waals surface area contributed by atoms with Gasteiger partial charge in [0.15, 0.2) is 12.4 Å². The number of rotatable bonds is 5. The smallest absolute Gasteiger partial charge is 0.347 e. The second-order valence-electron chi connectivity index (χ2n) is 5.71. The van der Waals surface area contributed by atoms with Gasteiger partial charge in [-0.1, -0.05) is 0 Å². The fourth-order valence-electron chi connectivity index (χ4n) is 2.52. The van der Waals surface area contributed by atoms with Crippen LogP contribution in [-0.2, 0) is 11.3 Å². The summed E-state index contributed by atoms with van der Waals surface area (Å²) in [7, 11) is 1.54. The quantitative estimate of drug-likeness (QED) is 0.430. The fraction of sp³-hybridized carbons (Fsp3) is 0.158. The highest BCUT2D eigenvalue weighted by atomic mass is 16.5. The average Bonchev–Trinajstić information content (AvgIpc) is 2.62. The Hall–Kier alpha value is -3.48. The highest BCUT2D eigenvalue weighted by molar-refractivity contribution is 5.97. The van der Waals surface area contributed by atoms with E-state index >= 15 is 0 Å². The lowest BCUT2D eigenvalue weighted by Crippen LogP contribution is -2.38. The van der Waals surface area contributed by atoms with E-state index in [-0.39, 0.29) is 23.8 Å². The van der Waals surface area contributed by atoms with Crippen molar-refractivity contribution in [3.8, 4) is 5.75 Å². The lowest BCUT2D eigenvalue weighted by atomic mass is 10.1. The number of methoxy groups -OCH3 is 1. The van der Waals surface area contributed by atoms with Crippen LogP contribution in [0.2, 0.25) is 0 Å². The number of ketones is 1. The van der Waals surface area contributed by atoms with Crippen LogP contribution >= 0.6 is 0 Å². The number of carbonyl (C=O) groups is 2. The maximum Gasteiger partial charge on any atom is 0.347 e. The van der Waals surface area contributed by atoms with Crippen molar-refractivity contribution in [1.82, 2.24) is 0 Å². The van der Waals surface area contributed by atoms with Gasteiger partial charge in [-0.25, -0.2) is 4.79 Å². The Balaban J connectivity index is 1.86. The number of benzene rings is 1. The zero-order valence-electron chi connectivity index (χ0n) is 14.3. The summed E-state index contributed by atoms with van der Waals surface area (Å²) >= 11 is 0. The molecule has 0 spiro atoms. The van der Waals surface area contributed by atoms with Gasteiger partial charge in [0.25, 0.3) is 0 Å². The van der Waals surface area contributed by atoms with E-state index in [1.807, 2.05) is 0 Å². The van der Waals surface area contributed by atoms with Crippen molar-refractivity contribution in [2.45, 2.75) is 13.5 Å². The van der Waals surface area contributed by atoms with E-state index in [2.05, 4.69) is 5.32 Å². The van der Waals surface area contributed by atoms with E-state index < -0.39 is 5.63 Å². The molecule has 1 amide bonds. The SMILES string of the molecule is COc1ccc2oc(=O)c(C(=O)C[n+]3ccc(NC(C)=O)cc3)cc2c1. The molecule has 0 radical (unpaired) electrons. The number of ether oxygens (including phenoxy) is 1. The molecule has 1 aromatic carbocycles. The van der Waals surface area contributed by atoms with Crippen LogP contribution in [0.15, 0.2) is 58.0 Å². The molecule has 7 nitrogen and oxygen atoms in total. The molecule has 3 aromatic rings. The van der Waals surface area contributed by atoms with Gasteiger partial charge in [-0.3, -0.25) is 9.59 Å². The standard InChI is InChI=1S/C19H16N2O5/c1-12(22)20-14-5-7-21(8-6-14)11-17(23)16-10-13-9-15(25-2)3-4-18(13)26-19(16)24/h3-10H,11H2,1-2H3/p+1. The third kappa shape index (κ3) is 3.77. The maximum atomic E-state index is 12.5. The van der Waals surface area contributed by atoms with Crippen LogP contribution in [0.5, 0.6) is 5.75 Å². The number of nitrogens with one attached hydrogen (secondary N) is 1. The van der Waals surface area contributed by atoms with Crippen molar-refractivity contribution in [3.63, 3.8) is 0 Å². The molecule has 0 fully saturated rings. The molecular formula is C19H17N2O5+. The van der Waals surface area contributed by atoms with Gasteiger partial charge in [-0.15, -0.1) is 0 Å². The molecule has 0 saturated carbocycles. The summed E-state index contributed by atoms with van der Waals surface area (Å²) < 4.78 is 12.0. The zero-order chi connectivity index (χ0) is 18.7. The predicted molar refractivity (Wildman–Crippen MR) is 94.3 cm³/mol. The van der Waals surface area contributed by atoms with Gasteiger partial charge in [-0.05, 0) is 24.3 Å². The summed E-state index contributed by atoms with van der Waals surface area (Å²) in [5.74, 6) is 0.0523. The first-order valence-corrected chi connectivity index (χ1v) is 7.88. The summed E-state index contributed by atoms with van der Waals surface area (Å²) in [5.41, 5.74) is 0.311. The third-order valence-electron chi connectivity index (χ3n) is 3.78. The van der Waals surface area contributed by atoms with Crippen LogP contribution in [0.1, 0.15) is 17.3 Å². The summed E-state index contributed by atoms with van der Waals surface area (Å²) in [5, 5.41) is 3.25. The number of pyridine rings is 1. The van der Waals surface area contributed by atoms with Crippen LogP contribution < -0.4 is 20.2 Å². The minimum Gasteiger partial charge on any atom is -0.497 e. The van der Waals surface area contributed by atoms with Crippen LogP contribution in [0.25, 0.3) is 11.0 Å². The van der Waals surface area contributed by atoms with E-state index in [1.165, 1.54) is 20.1 Å². The normalized spacial score (nSPS) is 10.5. The second kappa shape index (κ2) is 7.18. The van der Waals surface area contributed by atoms with Gasteiger partial charge in [0, 0.05) is 24.4 Å². The van der Waals surface area contributed by atoms with Gasteiger partial charge in [0.1, 0.15) is 16.9 Å². The van der Waals surface area contributed by atoms with E-state index in [1.54, 1.807) is 47.3 Å². The number of carbonyl (C=O) groups excluding carboxylic acids is 2. The molecule has 0 aliphatic rings. The number of Topliss-reactive ketones (excluding diaryl/α,β-unsaturated/α-hetero) is 1. The van der Waals surface area contributed by atoms with Crippen molar-refractivity contribution in [2.75, 3.05) is 12.4 Å². The van der Waals surface area contributed by atoms with Crippen LogP contribution in [-0.4, -0.2) is 18.8 Å². The Morgan fingerprint density at radius 2 is 1.88 bits per heavy atom. The van der Waals surface area contributed by atoms with Crippen molar-refractivity contribution in [2.24, 2.45) is 0 Å². The van der Waals surface area contributed by atoms with Crippen molar-refractivity contribution in [3.05, 3.63) is 64.8 Å². The summed E-state index contributed by atoms with van der Waals surface area (Å²) in [6.07, 6.45) is 3.30. The molecule has 0 bridgehead atoms. The van der Waals surface area contributed by atoms with Gasteiger partial charge in [0.2, 0.25) is 18.2 Å². The zero-order valence-corrected chi connectivity index (χ0v) is 14.3. The Bertz CT molecular complexity index is 1040. The van der Waals surface area contributed by atoms with Gasteiger partial charge in [-0.2, -0.15) is 4.57 Å². The fourth-order valence-corrected chi connectivity index (χ4v) is 2.52. The van der Waals surface area contributed by atoms with Crippen molar-refractivity contribution < 1.29 is 23.3 Å². The first-order valence-electron chi connectivity index (χ1n) is 7.88. The molecule has 7 heteroatoms. The molecule has 2 heterocycles. The van der Waals surface area contributed by atoms with Crippen LogP contribution in [0, 0.1) is 0 Å². The highest BCUT2D eigenvalue weighted by Crippen LogP contribution is 2.20. The van der Waals surface area contributed by atoms with E-state index in [0.29, 0.717) is 22.4 Å². The molecule has 132 valence electrons. The number of hydrogen-bond acceptors (Lipinski definition) is 5. The summed E-state index contributed by atoms with van der Waals surface area (Å²) in [6.45, 7) is 1.39. The van der Waals surface area contributed by atoms with Crippen molar-refractivity contribution >= 4 is 28.3 Å². The van der Waals surface area contributed by atoms with Gasteiger partial charge in [0.05, 0.1) is 12.8 Å². The molecule has 26 heavy (non-hydrogen) atoms. The first kappa shape index (κ1) is 17.3. The Kier molecular flexibility index (Phi) is 4.79. The number of anilines is 1. The molecule has 0 aliphatic heterocycles. The van der Waals surface area contributed by atoms with Crippen LogP contribution in [0.4, 0.5) is 5.69 Å². The monoisotopic (exact) mass is 353 g/mol. The minimum atomic E-state index is -0.678. The number of amides is 1. The van der Waals surface area contributed by atoms with E-state index in [9.17, 15) is 14.4 Å². The molecule has 0 unspecified atom stereocenters. The summed E-state index contributed by atoms with van der Waals surface area (Å²) in [6, 6.07) is 9.85. The number of nitrogens with zero attached hydrogens (tertiary/aromatic N) is 1. The van der Waals surface area contributed by atoms with Crippen molar-refractivity contribution in [1.29, 1.82) is 0 Å². The number of fused-ring (bicyclic) bond motifs is 1. The number of aromatic nitrogens is 1. The second-order valence-corrected chi connectivity index (χ2v) is 5.71. The Morgan fingerprint density at radius 3 is 2.54 bits per heavy atom. The van der Waals surface area contributed by atoms with Crippen LogP contribution in [0.3, 0.4) is 0 Å². The number of hydrogen-bond donors (Lipinski definition) is 1. The Morgan fingerprint density at radius 1 is 1.15 bits per heavy atom. The van der Waals surface area contributed by atoms with Gasteiger partial charge >= 0.3 is 5.63 Å². The largest absolute Gasteiger partial charge is 0.497 e. The summed E-state index contributed by atoms with van der Waals surface area (Å²) in [4.78, 5) is 35.7. The molecule has 0 atom stereocenters. The molecule has 0 aliphatic carbocycles. The van der Waals surface area contributed by atoms with E-state index in [0.717, 1.165) is 0 Å². The minimum absolute atomic E-state index is 0.0239. The maximum absolute atomic E-state index is 12.5. The third-order valence-corrected chi connectivity index (χ3v) is 3.78.